The normalized spacial score (nSPS) is 12.0. The second-order valence-electron chi connectivity index (χ2n) is 9.05. The first kappa shape index (κ1) is 27.0. The summed E-state index contributed by atoms with van der Waals surface area (Å²) in [5.74, 6) is 0.867. The summed E-state index contributed by atoms with van der Waals surface area (Å²) in [7, 11) is -6.67. The van der Waals surface area contributed by atoms with Crippen LogP contribution in [0, 0.1) is 0 Å². The summed E-state index contributed by atoms with van der Waals surface area (Å²) in [5, 5.41) is 2.50. The number of sulfonamides is 1. The molecule has 36 heavy (non-hydrogen) atoms. The number of amides is 2. The Kier molecular flexibility index (Phi) is 7.65. The van der Waals surface area contributed by atoms with E-state index >= 15 is 0 Å². The van der Waals surface area contributed by atoms with Crippen LogP contribution in [0.1, 0.15) is 20.8 Å². The third-order valence-electron chi connectivity index (χ3n) is 4.83. The van der Waals surface area contributed by atoms with Crippen molar-refractivity contribution < 1.29 is 31.1 Å². The zero-order chi connectivity index (χ0) is 26.7. The number of nitrogens with one attached hydrogen (secondary N) is 2. The zero-order valence-electron chi connectivity index (χ0n) is 20.5. The van der Waals surface area contributed by atoms with Crippen molar-refractivity contribution in [3.8, 4) is 28.4 Å². The second kappa shape index (κ2) is 10.2. The van der Waals surface area contributed by atoms with Gasteiger partial charge in [0.1, 0.15) is 22.1 Å². The minimum atomic E-state index is -4.50. The standard InChI is InChI=1S/C25H28N2O7S2/c1-25(2,3)26-24(28)27-36(31,32)23-16-21(35(5,29)30)13-14-22(23)34-20-8-6-7-18(15-20)17-9-11-19(33-4)12-10-17/h6-16H,1-5H3,(H2,26,27,28). The van der Waals surface area contributed by atoms with Gasteiger partial charge in [-0.05, 0) is 74.4 Å². The van der Waals surface area contributed by atoms with Crippen LogP contribution < -0.4 is 19.5 Å². The van der Waals surface area contributed by atoms with Crippen molar-refractivity contribution >= 4 is 25.9 Å². The monoisotopic (exact) mass is 532 g/mol. The molecule has 0 radical (unpaired) electrons. The molecule has 0 spiro atoms. The second-order valence-corrected chi connectivity index (χ2v) is 12.7. The van der Waals surface area contributed by atoms with E-state index in [1.807, 2.05) is 35.1 Å². The SMILES string of the molecule is COc1ccc(-c2cccc(Oc3ccc(S(C)(=O)=O)cc3S(=O)(=O)NC(=O)NC(C)(C)C)c2)cc1. The number of urea groups is 1. The van der Waals surface area contributed by atoms with Gasteiger partial charge in [-0.15, -0.1) is 0 Å². The van der Waals surface area contributed by atoms with Gasteiger partial charge in [0.25, 0.3) is 10.0 Å². The maximum absolute atomic E-state index is 13.1. The van der Waals surface area contributed by atoms with Crippen LogP contribution in [0.15, 0.2) is 76.5 Å². The van der Waals surface area contributed by atoms with Gasteiger partial charge in [-0.1, -0.05) is 24.3 Å². The van der Waals surface area contributed by atoms with Gasteiger partial charge in [0.2, 0.25) is 0 Å². The first-order valence-electron chi connectivity index (χ1n) is 10.8. The van der Waals surface area contributed by atoms with Crippen LogP contribution in [0.2, 0.25) is 0 Å². The van der Waals surface area contributed by atoms with Crippen LogP contribution in [0.5, 0.6) is 17.2 Å². The Labute approximate surface area is 211 Å². The molecule has 9 nitrogen and oxygen atoms in total. The molecular weight excluding hydrogens is 504 g/mol. The molecule has 2 N–H and O–H groups in total. The van der Waals surface area contributed by atoms with E-state index in [0.29, 0.717) is 11.5 Å². The van der Waals surface area contributed by atoms with E-state index in [1.54, 1.807) is 46.1 Å². The molecule has 0 aliphatic heterocycles. The molecule has 0 fully saturated rings. The predicted molar refractivity (Wildman–Crippen MR) is 137 cm³/mol. The molecule has 0 aliphatic rings. The summed E-state index contributed by atoms with van der Waals surface area (Å²) in [6, 6.07) is 16.8. The molecule has 0 heterocycles. The number of rotatable bonds is 7. The smallest absolute Gasteiger partial charge is 0.329 e. The number of benzene rings is 3. The van der Waals surface area contributed by atoms with Gasteiger partial charge in [-0.3, -0.25) is 0 Å². The van der Waals surface area contributed by atoms with E-state index in [-0.39, 0.29) is 10.6 Å². The van der Waals surface area contributed by atoms with Gasteiger partial charge in [-0.25, -0.2) is 26.4 Å². The molecule has 3 aromatic rings. The van der Waals surface area contributed by atoms with E-state index in [1.165, 1.54) is 12.1 Å². The van der Waals surface area contributed by atoms with Gasteiger partial charge < -0.3 is 14.8 Å². The molecule has 0 bridgehead atoms. The summed E-state index contributed by atoms with van der Waals surface area (Å²) in [6.45, 7) is 5.06. The summed E-state index contributed by atoms with van der Waals surface area (Å²) in [6.07, 6.45) is 0.956. The summed E-state index contributed by atoms with van der Waals surface area (Å²) < 4.78 is 63.4. The highest BCUT2D eigenvalue weighted by atomic mass is 32.2. The average molecular weight is 533 g/mol. The van der Waals surface area contributed by atoms with Crippen molar-refractivity contribution in [3.63, 3.8) is 0 Å². The maximum atomic E-state index is 13.1. The number of carbonyl (C=O) groups excluding carboxylic acids is 1. The van der Waals surface area contributed by atoms with Crippen molar-refractivity contribution in [3.05, 3.63) is 66.7 Å². The molecule has 0 saturated heterocycles. The lowest BCUT2D eigenvalue weighted by atomic mass is 10.1. The van der Waals surface area contributed by atoms with Crippen molar-refractivity contribution in [2.24, 2.45) is 0 Å². The Morgan fingerprint density at radius 2 is 1.50 bits per heavy atom. The maximum Gasteiger partial charge on any atom is 0.329 e. The highest BCUT2D eigenvalue weighted by molar-refractivity contribution is 7.91. The fourth-order valence-electron chi connectivity index (χ4n) is 3.21. The lowest BCUT2D eigenvalue weighted by Crippen LogP contribution is -2.48. The summed E-state index contributed by atoms with van der Waals surface area (Å²) in [5.41, 5.74) is 0.979. The van der Waals surface area contributed by atoms with Crippen LogP contribution in [-0.4, -0.2) is 41.8 Å². The Hall–Kier alpha value is -3.57. The molecule has 0 aliphatic carbocycles. The van der Waals surface area contributed by atoms with E-state index in [9.17, 15) is 21.6 Å². The highest BCUT2D eigenvalue weighted by Crippen LogP contribution is 2.33. The summed E-state index contributed by atoms with van der Waals surface area (Å²) in [4.78, 5) is 11.5. The Morgan fingerprint density at radius 3 is 2.08 bits per heavy atom. The zero-order valence-corrected chi connectivity index (χ0v) is 22.2. The third-order valence-corrected chi connectivity index (χ3v) is 7.30. The van der Waals surface area contributed by atoms with Crippen molar-refractivity contribution in [2.75, 3.05) is 13.4 Å². The van der Waals surface area contributed by atoms with Crippen LogP contribution in [0.3, 0.4) is 0 Å². The molecule has 0 saturated carbocycles. The lowest BCUT2D eigenvalue weighted by molar-refractivity contribution is 0.237. The quantitative estimate of drug-likeness (QED) is 0.463. The molecule has 192 valence electrons. The number of methoxy groups -OCH3 is 1. The van der Waals surface area contributed by atoms with Gasteiger partial charge in [0, 0.05) is 11.8 Å². The first-order chi connectivity index (χ1) is 16.7. The first-order valence-corrected chi connectivity index (χ1v) is 14.2. The molecule has 11 heteroatoms. The highest BCUT2D eigenvalue weighted by Gasteiger charge is 2.26. The van der Waals surface area contributed by atoms with Gasteiger partial charge in [0.05, 0.1) is 12.0 Å². The number of sulfone groups is 1. The van der Waals surface area contributed by atoms with Gasteiger partial charge in [-0.2, -0.15) is 0 Å². The van der Waals surface area contributed by atoms with Gasteiger partial charge in [0.15, 0.2) is 9.84 Å². The van der Waals surface area contributed by atoms with Crippen LogP contribution in [0.25, 0.3) is 11.1 Å². The lowest BCUT2D eigenvalue weighted by Gasteiger charge is -2.21. The van der Waals surface area contributed by atoms with Crippen molar-refractivity contribution in [2.45, 2.75) is 36.1 Å². The summed E-state index contributed by atoms with van der Waals surface area (Å²) >= 11 is 0. The Morgan fingerprint density at radius 1 is 0.833 bits per heavy atom. The number of carbonyl (C=O) groups is 1. The molecule has 3 aromatic carbocycles. The third kappa shape index (κ3) is 6.98. The topological polar surface area (TPSA) is 128 Å². The Balaban J connectivity index is 2.01. The fourth-order valence-corrected chi connectivity index (χ4v) is 4.99. The van der Waals surface area contributed by atoms with E-state index in [0.717, 1.165) is 23.4 Å². The molecule has 3 rings (SSSR count). The fraction of sp³-hybridized carbons (Fsp3) is 0.240. The molecule has 0 aromatic heterocycles. The van der Waals surface area contributed by atoms with E-state index in [4.69, 9.17) is 9.47 Å². The van der Waals surface area contributed by atoms with E-state index in [2.05, 4.69) is 5.32 Å². The Bertz CT molecular complexity index is 1480. The minimum Gasteiger partial charge on any atom is -0.497 e. The van der Waals surface area contributed by atoms with E-state index < -0.39 is 36.3 Å². The molecule has 2 amide bonds. The average Bonchev–Trinajstić information content (AvgIpc) is 2.77. The van der Waals surface area contributed by atoms with Crippen molar-refractivity contribution in [1.29, 1.82) is 0 Å². The van der Waals surface area contributed by atoms with Crippen LogP contribution >= 0.6 is 0 Å². The molecular formula is C25H28N2O7S2. The van der Waals surface area contributed by atoms with Gasteiger partial charge >= 0.3 is 6.03 Å². The van der Waals surface area contributed by atoms with Crippen molar-refractivity contribution in [1.82, 2.24) is 10.0 Å². The predicted octanol–water partition coefficient (Wildman–Crippen LogP) is 4.34. The molecule has 0 atom stereocenters. The number of ether oxygens (including phenoxy) is 2. The largest absolute Gasteiger partial charge is 0.497 e. The number of hydrogen-bond acceptors (Lipinski definition) is 7. The van der Waals surface area contributed by atoms with Crippen LogP contribution in [-0.2, 0) is 19.9 Å². The van der Waals surface area contributed by atoms with Crippen LogP contribution in [0.4, 0.5) is 4.79 Å². The number of hydrogen-bond donors (Lipinski definition) is 2. The minimum absolute atomic E-state index is 0.148. The molecule has 0 unspecified atom stereocenters.